The van der Waals surface area contributed by atoms with Gasteiger partial charge in [0.25, 0.3) is 0 Å². The van der Waals surface area contributed by atoms with E-state index in [0.717, 1.165) is 0 Å². The summed E-state index contributed by atoms with van der Waals surface area (Å²) in [6, 6.07) is 58.1. The van der Waals surface area contributed by atoms with E-state index < -0.39 is 0 Å². The SMILES string of the molecule is c1cc(-c2cc3c4c(cccc4c2)-c2ccccc2-3)cc(-c2ccc(-c3ccc4ccccc4c3)c3ccccc23)c1. The van der Waals surface area contributed by atoms with E-state index in [-0.39, 0.29) is 0 Å². The van der Waals surface area contributed by atoms with Crippen LogP contribution in [0.3, 0.4) is 0 Å². The molecule has 0 aromatic heterocycles. The van der Waals surface area contributed by atoms with E-state index in [2.05, 4.69) is 158 Å². The van der Waals surface area contributed by atoms with Gasteiger partial charge in [-0.3, -0.25) is 0 Å². The fourth-order valence-electron chi connectivity index (χ4n) is 7.01. The highest BCUT2D eigenvalue weighted by atomic mass is 14.2. The van der Waals surface area contributed by atoms with Crippen molar-refractivity contribution in [3.05, 3.63) is 158 Å². The van der Waals surface area contributed by atoms with E-state index in [1.165, 1.54) is 88.0 Å². The molecule has 0 heteroatoms. The molecule has 0 radical (unpaired) electrons. The van der Waals surface area contributed by atoms with Gasteiger partial charge in [0.15, 0.2) is 0 Å². The maximum absolute atomic E-state index is 2.39. The van der Waals surface area contributed by atoms with Crippen molar-refractivity contribution >= 4 is 32.3 Å². The van der Waals surface area contributed by atoms with E-state index in [9.17, 15) is 0 Å². The van der Waals surface area contributed by atoms with Crippen molar-refractivity contribution in [2.24, 2.45) is 0 Å². The van der Waals surface area contributed by atoms with Gasteiger partial charge in [-0.15, -0.1) is 0 Å². The Labute approximate surface area is 245 Å². The smallest absolute Gasteiger partial charge is 0.00259 e. The predicted molar refractivity (Wildman–Crippen MR) is 180 cm³/mol. The van der Waals surface area contributed by atoms with Crippen LogP contribution in [0.25, 0.3) is 88.0 Å². The van der Waals surface area contributed by atoms with Crippen LogP contribution in [0.2, 0.25) is 0 Å². The molecule has 1 aliphatic rings. The van der Waals surface area contributed by atoms with Crippen LogP contribution in [0.1, 0.15) is 0 Å². The number of fused-ring (bicyclic) bond motifs is 5. The third-order valence-electron chi connectivity index (χ3n) is 8.98. The molecule has 0 heterocycles. The van der Waals surface area contributed by atoms with Crippen LogP contribution in [-0.4, -0.2) is 0 Å². The first kappa shape index (κ1) is 23.3. The predicted octanol–water partition coefficient (Wildman–Crippen LogP) is 11.8. The highest BCUT2D eigenvalue weighted by molar-refractivity contribution is 6.16. The van der Waals surface area contributed by atoms with E-state index >= 15 is 0 Å². The molecular weight excluding hydrogens is 504 g/mol. The molecule has 0 aliphatic heterocycles. The Balaban J connectivity index is 1.19. The lowest BCUT2D eigenvalue weighted by Crippen LogP contribution is -1.88. The summed E-state index contributed by atoms with van der Waals surface area (Å²) in [5.74, 6) is 0. The number of hydrogen-bond acceptors (Lipinski definition) is 0. The molecule has 0 atom stereocenters. The van der Waals surface area contributed by atoms with Gasteiger partial charge in [0.1, 0.15) is 0 Å². The molecule has 0 amide bonds. The first-order chi connectivity index (χ1) is 20.8. The lowest BCUT2D eigenvalue weighted by molar-refractivity contribution is 1.61. The maximum Gasteiger partial charge on any atom is -0.00259 e. The van der Waals surface area contributed by atoms with Crippen molar-refractivity contribution in [3.8, 4) is 55.6 Å². The van der Waals surface area contributed by atoms with Gasteiger partial charge in [-0.05, 0) is 112 Å². The van der Waals surface area contributed by atoms with Gasteiger partial charge < -0.3 is 0 Å². The minimum absolute atomic E-state index is 1.24. The van der Waals surface area contributed by atoms with Crippen molar-refractivity contribution in [1.29, 1.82) is 0 Å². The van der Waals surface area contributed by atoms with E-state index in [4.69, 9.17) is 0 Å². The molecule has 0 N–H and O–H groups in total. The highest BCUT2D eigenvalue weighted by Crippen LogP contribution is 2.48. The Morgan fingerprint density at radius 2 is 0.810 bits per heavy atom. The summed E-state index contributed by atoms with van der Waals surface area (Å²) in [6.45, 7) is 0. The number of rotatable bonds is 3. The molecule has 8 aromatic carbocycles. The van der Waals surface area contributed by atoms with Gasteiger partial charge in [-0.2, -0.15) is 0 Å². The highest BCUT2D eigenvalue weighted by Gasteiger charge is 2.21. The third-order valence-corrected chi connectivity index (χ3v) is 8.98. The lowest BCUT2D eigenvalue weighted by Gasteiger charge is -2.14. The summed E-state index contributed by atoms with van der Waals surface area (Å²) in [6.07, 6.45) is 0. The average molecular weight is 531 g/mol. The van der Waals surface area contributed by atoms with Gasteiger partial charge in [-0.1, -0.05) is 133 Å². The first-order valence-electron chi connectivity index (χ1n) is 14.6. The molecule has 0 bridgehead atoms. The summed E-state index contributed by atoms with van der Waals surface area (Å²) < 4.78 is 0. The van der Waals surface area contributed by atoms with Crippen molar-refractivity contribution in [1.82, 2.24) is 0 Å². The molecule has 194 valence electrons. The van der Waals surface area contributed by atoms with Crippen molar-refractivity contribution in [3.63, 3.8) is 0 Å². The second-order valence-corrected chi connectivity index (χ2v) is 11.3. The molecule has 0 fully saturated rings. The van der Waals surface area contributed by atoms with Gasteiger partial charge in [-0.25, -0.2) is 0 Å². The second kappa shape index (κ2) is 9.03. The third kappa shape index (κ3) is 3.49. The summed E-state index contributed by atoms with van der Waals surface area (Å²) >= 11 is 0. The van der Waals surface area contributed by atoms with Crippen LogP contribution in [0.15, 0.2) is 158 Å². The molecule has 9 rings (SSSR count). The zero-order chi connectivity index (χ0) is 27.6. The van der Waals surface area contributed by atoms with E-state index in [0.29, 0.717) is 0 Å². The normalized spacial score (nSPS) is 11.8. The summed E-state index contributed by atoms with van der Waals surface area (Å²) in [7, 11) is 0. The van der Waals surface area contributed by atoms with E-state index in [1.54, 1.807) is 0 Å². The maximum atomic E-state index is 2.39. The van der Waals surface area contributed by atoms with Crippen LogP contribution in [0.5, 0.6) is 0 Å². The number of benzene rings is 8. The minimum Gasteiger partial charge on any atom is -0.0616 e. The summed E-state index contributed by atoms with van der Waals surface area (Å²) in [5.41, 5.74) is 12.9. The zero-order valence-corrected chi connectivity index (χ0v) is 23.0. The monoisotopic (exact) mass is 530 g/mol. The van der Waals surface area contributed by atoms with Crippen molar-refractivity contribution < 1.29 is 0 Å². The topological polar surface area (TPSA) is 0 Å². The van der Waals surface area contributed by atoms with Crippen molar-refractivity contribution in [2.75, 3.05) is 0 Å². The standard InChI is InChI=1S/C42H26/c1-2-10-28-23-31(20-19-27(28)9-1)35-22-21-34(36-14-3-4-15-37(35)36)30-12-7-11-29(24-30)33-25-32-13-8-18-40-38-16-5-6-17-39(38)41(26-33)42(32)40/h1-26H. The number of hydrogen-bond donors (Lipinski definition) is 0. The Bertz CT molecular complexity index is 2350. The van der Waals surface area contributed by atoms with Crippen LogP contribution in [-0.2, 0) is 0 Å². The Morgan fingerprint density at radius 3 is 1.62 bits per heavy atom. The minimum atomic E-state index is 1.24. The first-order valence-corrected chi connectivity index (χ1v) is 14.6. The largest absolute Gasteiger partial charge is 0.0616 e. The van der Waals surface area contributed by atoms with Crippen LogP contribution in [0.4, 0.5) is 0 Å². The van der Waals surface area contributed by atoms with Gasteiger partial charge in [0.05, 0.1) is 0 Å². The average Bonchev–Trinajstić information content (AvgIpc) is 3.39. The van der Waals surface area contributed by atoms with Crippen molar-refractivity contribution in [2.45, 2.75) is 0 Å². The molecular formula is C42H26. The zero-order valence-electron chi connectivity index (χ0n) is 23.0. The molecule has 0 unspecified atom stereocenters. The molecule has 0 saturated carbocycles. The molecule has 0 spiro atoms. The fourth-order valence-corrected chi connectivity index (χ4v) is 7.01. The van der Waals surface area contributed by atoms with Gasteiger partial charge in [0.2, 0.25) is 0 Å². The Kier molecular flexibility index (Phi) is 5.00. The van der Waals surface area contributed by atoms with Gasteiger partial charge in [0, 0.05) is 0 Å². The molecule has 0 nitrogen and oxygen atoms in total. The molecule has 1 aliphatic carbocycles. The molecule has 0 saturated heterocycles. The van der Waals surface area contributed by atoms with Crippen LogP contribution < -0.4 is 0 Å². The Morgan fingerprint density at radius 1 is 0.238 bits per heavy atom. The molecule has 8 aromatic rings. The quantitative estimate of drug-likeness (QED) is 0.213. The summed E-state index contributed by atoms with van der Waals surface area (Å²) in [4.78, 5) is 0. The van der Waals surface area contributed by atoms with Gasteiger partial charge >= 0.3 is 0 Å². The van der Waals surface area contributed by atoms with Crippen LogP contribution >= 0.6 is 0 Å². The summed E-state index contributed by atoms with van der Waals surface area (Å²) in [5, 5.41) is 7.76. The fraction of sp³-hybridized carbons (Fsp3) is 0. The lowest BCUT2D eigenvalue weighted by atomic mass is 9.90. The van der Waals surface area contributed by atoms with E-state index in [1.807, 2.05) is 0 Å². The molecule has 42 heavy (non-hydrogen) atoms. The Hall–Kier alpha value is -5.46. The van der Waals surface area contributed by atoms with Crippen LogP contribution in [0, 0.1) is 0 Å². The second-order valence-electron chi connectivity index (χ2n) is 11.3.